The molecule has 0 saturated heterocycles. The summed E-state index contributed by atoms with van der Waals surface area (Å²) in [5, 5.41) is 9.29. The maximum absolute atomic E-state index is 12.9. The number of anilines is 1. The first-order chi connectivity index (χ1) is 10.1. The number of para-hydroxylation sites is 1. The molecule has 0 saturated carbocycles. The third kappa shape index (κ3) is 2.20. The highest BCUT2D eigenvalue weighted by molar-refractivity contribution is 7.92. The molecule has 0 aliphatic carbocycles. The van der Waals surface area contributed by atoms with Crippen LogP contribution >= 0.6 is 0 Å². The predicted molar refractivity (Wildman–Crippen MR) is 81.0 cm³/mol. The van der Waals surface area contributed by atoms with Gasteiger partial charge in [0.1, 0.15) is 0 Å². The molecule has 2 aromatic carbocycles. The lowest BCUT2D eigenvalue weighted by Gasteiger charge is -2.31. The van der Waals surface area contributed by atoms with Crippen molar-refractivity contribution < 1.29 is 8.42 Å². The molecule has 1 aliphatic heterocycles. The van der Waals surface area contributed by atoms with Gasteiger partial charge in [-0.2, -0.15) is 5.26 Å². The molecule has 0 amide bonds. The minimum absolute atomic E-state index is 0.176. The van der Waals surface area contributed by atoms with Gasteiger partial charge in [-0.25, -0.2) is 12.7 Å². The number of benzene rings is 2. The summed E-state index contributed by atoms with van der Waals surface area (Å²) in [6.07, 6.45) is 3.38. The Labute approximate surface area is 123 Å². The fourth-order valence-corrected chi connectivity index (χ4v) is 3.90. The van der Waals surface area contributed by atoms with Crippen molar-refractivity contribution >= 4 is 21.8 Å². The third-order valence-electron chi connectivity index (χ3n) is 3.32. The van der Waals surface area contributed by atoms with E-state index >= 15 is 0 Å². The lowest BCUT2D eigenvalue weighted by atomic mass is 10.1. The Morgan fingerprint density at radius 2 is 1.67 bits per heavy atom. The Morgan fingerprint density at radius 1 is 1.00 bits per heavy atom. The highest BCUT2D eigenvalue weighted by Gasteiger charge is 2.33. The Balaban J connectivity index is 2.20. The summed E-state index contributed by atoms with van der Waals surface area (Å²) in [6.45, 7) is 0. The average Bonchev–Trinajstić information content (AvgIpc) is 2.54. The van der Waals surface area contributed by atoms with Crippen LogP contribution < -0.4 is 4.31 Å². The molecule has 1 heterocycles. The van der Waals surface area contributed by atoms with Gasteiger partial charge in [-0.1, -0.05) is 42.5 Å². The quantitative estimate of drug-likeness (QED) is 0.856. The Bertz CT molecular complexity index is 836. The summed E-state index contributed by atoms with van der Waals surface area (Å²) in [4.78, 5) is 0.176. The van der Waals surface area contributed by atoms with Crippen LogP contribution in [0.15, 0.2) is 65.6 Å². The van der Waals surface area contributed by atoms with E-state index < -0.39 is 16.1 Å². The maximum atomic E-state index is 12.9. The topological polar surface area (TPSA) is 61.2 Å². The molecule has 0 fully saturated rings. The van der Waals surface area contributed by atoms with Crippen molar-refractivity contribution in [3.05, 3.63) is 66.2 Å². The molecule has 4 nitrogen and oxygen atoms in total. The summed E-state index contributed by atoms with van der Waals surface area (Å²) >= 11 is 0. The van der Waals surface area contributed by atoms with Crippen LogP contribution in [0.25, 0.3) is 6.08 Å². The second-order valence-electron chi connectivity index (χ2n) is 4.61. The lowest BCUT2D eigenvalue weighted by Crippen LogP contribution is -2.40. The molecule has 104 valence electrons. The number of fused-ring (bicyclic) bond motifs is 1. The summed E-state index contributed by atoms with van der Waals surface area (Å²) in [5.41, 5.74) is 1.30. The molecule has 0 radical (unpaired) electrons. The monoisotopic (exact) mass is 296 g/mol. The van der Waals surface area contributed by atoms with Crippen molar-refractivity contribution in [2.75, 3.05) is 4.31 Å². The molecule has 1 aliphatic rings. The number of nitrogens with zero attached hydrogens (tertiary/aromatic N) is 2. The highest BCUT2D eigenvalue weighted by atomic mass is 32.2. The maximum Gasteiger partial charge on any atom is 0.265 e. The van der Waals surface area contributed by atoms with Gasteiger partial charge in [-0.15, -0.1) is 0 Å². The molecular formula is C16H12N2O2S. The van der Waals surface area contributed by atoms with Gasteiger partial charge < -0.3 is 0 Å². The van der Waals surface area contributed by atoms with Gasteiger partial charge in [0.15, 0.2) is 6.04 Å². The predicted octanol–water partition coefficient (Wildman–Crippen LogP) is 2.80. The first-order valence-electron chi connectivity index (χ1n) is 6.41. The lowest BCUT2D eigenvalue weighted by molar-refractivity contribution is 0.590. The van der Waals surface area contributed by atoms with Crippen LogP contribution in [0.2, 0.25) is 0 Å². The van der Waals surface area contributed by atoms with Crippen LogP contribution in [0.4, 0.5) is 5.69 Å². The minimum atomic E-state index is -3.78. The molecule has 1 atom stereocenters. The largest absolute Gasteiger partial charge is 0.265 e. The number of hydrogen-bond donors (Lipinski definition) is 0. The van der Waals surface area contributed by atoms with Crippen molar-refractivity contribution in [2.24, 2.45) is 0 Å². The van der Waals surface area contributed by atoms with Crippen LogP contribution in [0.3, 0.4) is 0 Å². The molecule has 0 bridgehead atoms. The zero-order valence-electron chi connectivity index (χ0n) is 11.0. The van der Waals surface area contributed by atoms with Crippen molar-refractivity contribution in [3.63, 3.8) is 0 Å². The van der Waals surface area contributed by atoms with E-state index in [0.717, 1.165) is 5.56 Å². The van der Waals surface area contributed by atoms with E-state index in [4.69, 9.17) is 0 Å². The number of nitriles is 1. The summed E-state index contributed by atoms with van der Waals surface area (Å²) in [6, 6.07) is 16.5. The van der Waals surface area contributed by atoms with Gasteiger partial charge in [0.2, 0.25) is 0 Å². The van der Waals surface area contributed by atoms with Crippen LogP contribution in [-0.2, 0) is 10.0 Å². The minimum Gasteiger partial charge on any atom is -0.245 e. The zero-order valence-corrected chi connectivity index (χ0v) is 11.9. The van der Waals surface area contributed by atoms with Crippen molar-refractivity contribution in [2.45, 2.75) is 10.9 Å². The van der Waals surface area contributed by atoms with E-state index in [9.17, 15) is 13.7 Å². The summed E-state index contributed by atoms with van der Waals surface area (Å²) < 4.78 is 26.9. The fraction of sp³-hybridized carbons (Fsp3) is 0.0625. The molecule has 21 heavy (non-hydrogen) atoms. The molecule has 5 heteroatoms. The number of sulfonamides is 1. The van der Waals surface area contributed by atoms with Crippen molar-refractivity contribution in [1.82, 2.24) is 0 Å². The zero-order chi connectivity index (χ0) is 14.9. The van der Waals surface area contributed by atoms with E-state index in [1.54, 1.807) is 42.5 Å². The van der Waals surface area contributed by atoms with E-state index in [1.165, 1.54) is 16.4 Å². The van der Waals surface area contributed by atoms with Crippen molar-refractivity contribution in [3.8, 4) is 6.07 Å². The molecule has 0 N–H and O–H groups in total. The van der Waals surface area contributed by atoms with E-state index in [2.05, 4.69) is 0 Å². The third-order valence-corrected chi connectivity index (χ3v) is 5.13. The molecule has 1 unspecified atom stereocenters. The smallest absolute Gasteiger partial charge is 0.245 e. The average molecular weight is 296 g/mol. The second kappa shape index (κ2) is 5.08. The van der Waals surface area contributed by atoms with Crippen LogP contribution in [0, 0.1) is 11.3 Å². The fourth-order valence-electron chi connectivity index (χ4n) is 2.33. The first-order valence-corrected chi connectivity index (χ1v) is 7.85. The van der Waals surface area contributed by atoms with E-state index in [-0.39, 0.29) is 4.90 Å². The molecule has 3 rings (SSSR count). The Morgan fingerprint density at radius 3 is 2.38 bits per heavy atom. The molecular weight excluding hydrogens is 284 g/mol. The highest BCUT2D eigenvalue weighted by Crippen LogP contribution is 2.33. The normalized spacial score (nSPS) is 17.1. The SMILES string of the molecule is N#CC1C=Cc2ccccc2N1S(=O)(=O)c1ccccc1. The van der Waals surface area contributed by atoms with Gasteiger partial charge >= 0.3 is 0 Å². The second-order valence-corrected chi connectivity index (χ2v) is 6.42. The first kappa shape index (κ1) is 13.4. The molecule has 0 aromatic heterocycles. The van der Waals surface area contributed by atoms with Gasteiger partial charge in [0.05, 0.1) is 16.7 Å². The van der Waals surface area contributed by atoms with Crippen molar-refractivity contribution in [1.29, 1.82) is 5.26 Å². The van der Waals surface area contributed by atoms with Gasteiger partial charge in [0, 0.05) is 0 Å². The number of hydrogen-bond acceptors (Lipinski definition) is 3. The van der Waals surface area contributed by atoms with Crippen LogP contribution in [-0.4, -0.2) is 14.5 Å². The molecule has 2 aromatic rings. The molecule has 0 spiro atoms. The summed E-state index contributed by atoms with van der Waals surface area (Å²) in [5.74, 6) is 0. The standard InChI is InChI=1S/C16H12N2O2S/c17-12-14-11-10-13-6-4-5-9-16(13)18(14)21(19,20)15-7-2-1-3-8-15/h1-11,14H. The summed E-state index contributed by atoms with van der Waals surface area (Å²) in [7, 11) is -3.78. The van der Waals surface area contributed by atoms with E-state index in [1.807, 2.05) is 18.2 Å². The van der Waals surface area contributed by atoms with Gasteiger partial charge in [-0.05, 0) is 29.8 Å². The Kier molecular flexibility index (Phi) is 3.24. The van der Waals surface area contributed by atoms with Crippen LogP contribution in [0.5, 0.6) is 0 Å². The van der Waals surface area contributed by atoms with Gasteiger partial charge in [0.25, 0.3) is 10.0 Å². The van der Waals surface area contributed by atoms with Gasteiger partial charge in [-0.3, -0.25) is 0 Å². The van der Waals surface area contributed by atoms with Crippen LogP contribution in [0.1, 0.15) is 5.56 Å². The Hall–Kier alpha value is -2.58. The van der Waals surface area contributed by atoms with E-state index in [0.29, 0.717) is 5.69 Å². The number of rotatable bonds is 2.